The van der Waals surface area contributed by atoms with Crippen molar-refractivity contribution >= 4 is 17.2 Å². The van der Waals surface area contributed by atoms with Crippen LogP contribution in [0.25, 0.3) is 0 Å². The molecule has 1 aromatic heterocycles. The molecule has 1 aliphatic heterocycles. The molecule has 0 spiro atoms. The summed E-state index contributed by atoms with van der Waals surface area (Å²) >= 11 is 5.05. The quantitative estimate of drug-likeness (QED) is 0.829. The fourth-order valence-corrected chi connectivity index (χ4v) is 2.76. The maximum absolute atomic E-state index is 5.72. The van der Waals surface area contributed by atoms with Crippen molar-refractivity contribution in [3.05, 3.63) is 29.6 Å². The second kappa shape index (κ2) is 6.93. The third-order valence-corrected chi connectivity index (χ3v) is 3.82. The molecular weight excluding hydrogens is 258 g/mol. The molecule has 19 heavy (non-hydrogen) atoms. The first-order valence-electron chi connectivity index (χ1n) is 6.65. The third-order valence-electron chi connectivity index (χ3n) is 3.63. The molecule has 5 heteroatoms. The van der Waals surface area contributed by atoms with Crippen molar-refractivity contribution in [3.63, 3.8) is 0 Å². The van der Waals surface area contributed by atoms with E-state index in [1.165, 1.54) is 12.8 Å². The number of rotatable bonds is 5. The van der Waals surface area contributed by atoms with Gasteiger partial charge >= 0.3 is 0 Å². The van der Waals surface area contributed by atoms with E-state index in [0.29, 0.717) is 10.9 Å². The zero-order valence-corrected chi connectivity index (χ0v) is 12.2. The lowest BCUT2D eigenvalue weighted by molar-refractivity contribution is 0.0967. The third kappa shape index (κ3) is 3.96. The number of nitrogens with two attached hydrogens (primary N) is 1. The Bertz CT molecular complexity index is 430. The molecule has 0 unspecified atom stereocenters. The zero-order valence-electron chi connectivity index (χ0n) is 11.3. The predicted octanol–water partition coefficient (Wildman–Crippen LogP) is 1.57. The Morgan fingerprint density at radius 2 is 2.26 bits per heavy atom. The van der Waals surface area contributed by atoms with Gasteiger partial charge in [0.1, 0.15) is 10.7 Å². The lowest BCUT2D eigenvalue weighted by Gasteiger charge is -2.31. The van der Waals surface area contributed by atoms with Crippen LogP contribution in [0.5, 0.6) is 0 Å². The van der Waals surface area contributed by atoms with E-state index in [2.05, 4.69) is 16.0 Å². The van der Waals surface area contributed by atoms with Crippen molar-refractivity contribution < 1.29 is 4.74 Å². The number of nitrogens with zero attached hydrogens (tertiary/aromatic N) is 2. The molecule has 1 aliphatic rings. The Morgan fingerprint density at radius 3 is 2.89 bits per heavy atom. The van der Waals surface area contributed by atoms with E-state index in [9.17, 15) is 0 Å². The van der Waals surface area contributed by atoms with Crippen LogP contribution in [-0.4, -0.2) is 41.7 Å². The van der Waals surface area contributed by atoms with E-state index >= 15 is 0 Å². The van der Waals surface area contributed by atoms with Crippen molar-refractivity contribution in [3.8, 4) is 0 Å². The molecule has 1 aromatic rings. The summed E-state index contributed by atoms with van der Waals surface area (Å²) in [6, 6.07) is 4.00. The summed E-state index contributed by atoms with van der Waals surface area (Å²) < 4.78 is 5.22. The highest BCUT2D eigenvalue weighted by molar-refractivity contribution is 7.80. The molecule has 1 saturated heterocycles. The average molecular weight is 279 g/mol. The maximum Gasteiger partial charge on any atom is 0.123 e. The van der Waals surface area contributed by atoms with Gasteiger partial charge in [-0.2, -0.15) is 0 Å². The summed E-state index contributed by atoms with van der Waals surface area (Å²) in [5.41, 5.74) is 7.60. The van der Waals surface area contributed by atoms with Gasteiger partial charge in [0.2, 0.25) is 0 Å². The van der Waals surface area contributed by atoms with Gasteiger partial charge in [-0.25, -0.2) is 0 Å². The minimum Gasteiger partial charge on any atom is -0.388 e. The Balaban J connectivity index is 1.94. The van der Waals surface area contributed by atoms with Crippen LogP contribution in [-0.2, 0) is 11.3 Å². The molecule has 4 nitrogen and oxygen atoms in total. The van der Waals surface area contributed by atoms with E-state index in [1.54, 1.807) is 13.3 Å². The molecule has 2 heterocycles. The average Bonchev–Trinajstić information content (AvgIpc) is 2.42. The molecule has 0 radical (unpaired) electrons. The van der Waals surface area contributed by atoms with Gasteiger partial charge in [-0.05, 0) is 43.5 Å². The van der Waals surface area contributed by atoms with Gasteiger partial charge in [0.25, 0.3) is 0 Å². The van der Waals surface area contributed by atoms with Gasteiger partial charge < -0.3 is 10.5 Å². The number of hydrogen-bond donors (Lipinski definition) is 1. The van der Waals surface area contributed by atoms with Crippen molar-refractivity contribution in [2.75, 3.05) is 26.8 Å². The molecule has 0 saturated carbocycles. The summed E-state index contributed by atoms with van der Waals surface area (Å²) in [6.45, 7) is 3.94. The minimum absolute atomic E-state index is 0.380. The normalized spacial score (nSPS) is 17.5. The van der Waals surface area contributed by atoms with Gasteiger partial charge in [0.15, 0.2) is 0 Å². The summed E-state index contributed by atoms with van der Waals surface area (Å²) in [5, 5.41) is 0. The van der Waals surface area contributed by atoms with Gasteiger partial charge in [0, 0.05) is 26.5 Å². The number of likely N-dealkylation sites (tertiary alicyclic amines) is 1. The Labute approximate surface area is 120 Å². The second-order valence-electron chi connectivity index (χ2n) is 5.05. The zero-order chi connectivity index (χ0) is 13.7. The minimum atomic E-state index is 0.380. The molecule has 0 aromatic carbocycles. The Morgan fingerprint density at radius 1 is 1.53 bits per heavy atom. The van der Waals surface area contributed by atoms with Crippen LogP contribution in [0.2, 0.25) is 0 Å². The second-order valence-corrected chi connectivity index (χ2v) is 5.49. The molecule has 1 fully saturated rings. The highest BCUT2D eigenvalue weighted by Gasteiger charge is 2.20. The lowest BCUT2D eigenvalue weighted by Crippen LogP contribution is -2.35. The fraction of sp³-hybridized carbons (Fsp3) is 0.571. The topological polar surface area (TPSA) is 51.4 Å². The monoisotopic (exact) mass is 279 g/mol. The molecule has 0 atom stereocenters. The molecule has 104 valence electrons. The Kier molecular flexibility index (Phi) is 5.24. The molecule has 2 N–H and O–H groups in total. The summed E-state index contributed by atoms with van der Waals surface area (Å²) in [7, 11) is 1.77. The Hall–Kier alpha value is -1.04. The van der Waals surface area contributed by atoms with Crippen LogP contribution in [0.4, 0.5) is 0 Å². The van der Waals surface area contributed by atoms with Crippen molar-refractivity contribution in [1.82, 2.24) is 9.88 Å². The van der Waals surface area contributed by atoms with Gasteiger partial charge in [-0.15, -0.1) is 0 Å². The van der Waals surface area contributed by atoms with Crippen molar-refractivity contribution in [2.45, 2.75) is 19.4 Å². The van der Waals surface area contributed by atoms with Gasteiger partial charge in [-0.1, -0.05) is 18.3 Å². The highest BCUT2D eigenvalue weighted by atomic mass is 32.1. The SMILES string of the molecule is COCC1CCN(Cc2cccnc2C(N)=S)CC1. The predicted molar refractivity (Wildman–Crippen MR) is 80.0 cm³/mol. The smallest absolute Gasteiger partial charge is 0.123 e. The first kappa shape index (κ1) is 14.4. The number of pyridine rings is 1. The number of thiocarbonyl (C=S) groups is 1. The molecular formula is C14H21N3OS. The number of aromatic nitrogens is 1. The van der Waals surface area contributed by atoms with E-state index < -0.39 is 0 Å². The van der Waals surface area contributed by atoms with Crippen molar-refractivity contribution in [1.29, 1.82) is 0 Å². The van der Waals surface area contributed by atoms with Gasteiger partial charge in [0.05, 0.1) is 0 Å². The molecule has 2 rings (SSSR count). The van der Waals surface area contributed by atoms with Crippen LogP contribution in [0.1, 0.15) is 24.1 Å². The van der Waals surface area contributed by atoms with Crippen LogP contribution < -0.4 is 5.73 Å². The number of hydrogen-bond acceptors (Lipinski definition) is 4. The van der Waals surface area contributed by atoms with Crippen molar-refractivity contribution in [2.24, 2.45) is 11.7 Å². The summed E-state index contributed by atoms with van der Waals surface area (Å²) in [6.07, 6.45) is 4.12. The van der Waals surface area contributed by atoms with Crippen LogP contribution in [0.3, 0.4) is 0 Å². The lowest BCUT2D eigenvalue weighted by atomic mass is 9.97. The van der Waals surface area contributed by atoms with Gasteiger partial charge in [-0.3, -0.25) is 9.88 Å². The summed E-state index contributed by atoms with van der Waals surface area (Å²) in [4.78, 5) is 7.09. The number of piperidine rings is 1. The van der Waals surface area contributed by atoms with E-state index in [0.717, 1.165) is 37.5 Å². The first-order chi connectivity index (χ1) is 9.20. The maximum atomic E-state index is 5.72. The number of methoxy groups -OCH3 is 1. The molecule has 0 aliphatic carbocycles. The van der Waals surface area contributed by atoms with E-state index in [-0.39, 0.29) is 0 Å². The highest BCUT2D eigenvalue weighted by Crippen LogP contribution is 2.19. The van der Waals surface area contributed by atoms with Crippen LogP contribution >= 0.6 is 12.2 Å². The number of ether oxygens (including phenoxy) is 1. The summed E-state index contributed by atoms with van der Waals surface area (Å²) in [5.74, 6) is 0.699. The van der Waals surface area contributed by atoms with E-state index in [1.807, 2.05) is 6.07 Å². The molecule has 0 bridgehead atoms. The standard InChI is InChI=1S/C14H21N3OS/c1-18-10-11-4-7-17(8-5-11)9-12-3-2-6-16-13(12)14(15)19/h2-3,6,11H,4-5,7-10H2,1H3,(H2,15,19). The molecule has 0 amide bonds. The van der Waals surface area contributed by atoms with Crippen LogP contribution in [0, 0.1) is 5.92 Å². The van der Waals surface area contributed by atoms with Crippen LogP contribution in [0.15, 0.2) is 18.3 Å². The largest absolute Gasteiger partial charge is 0.388 e. The fourth-order valence-electron chi connectivity index (χ4n) is 2.58. The van der Waals surface area contributed by atoms with E-state index in [4.69, 9.17) is 22.7 Å². The first-order valence-corrected chi connectivity index (χ1v) is 7.06.